The third kappa shape index (κ3) is 4.30. The van der Waals surface area contributed by atoms with Crippen molar-refractivity contribution in [2.24, 2.45) is 0 Å². The maximum absolute atomic E-state index is 12.2. The van der Waals surface area contributed by atoms with E-state index in [4.69, 9.17) is 11.6 Å². The van der Waals surface area contributed by atoms with E-state index in [1.165, 1.54) is 16.2 Å². The topological polar surface area (TPSA) is 62.3 Å². The van der Waals surface area contributed by atoms with Crippen LogP contribution in [-0.2, 0) is 4.79 Å². The molecule has 122 valence electrons. The lowest BCUT2D eigenvalue weighted by Crippen LogP contribution is -2.30. The number of carbonyl (C=O) groups excluding carboxylic acids is 2. The number of nitrogens with zero attached hydrogens (tertiary/aromatic N) is 2. The second-order valence-electron chi connectivity index (χ2n) is 5.21. The highest BCUT2D eigenvalue weighted by Gasteiger charge is 2.17. The number of rotatable bonds is 5. The molecule has 0 unspecified atom stereocenters. The molecular formula is C16H18ClN3O2S. The molecule has 1 aromatic heterocycles. The highest BCUT2D eigenvalue weighted by molar-refractivity contribution is 7.17. The van der Waals surface area contributed by atoms with Crippen molar-refractivity contribution in [1.29, 1.82) is 0 Å². The molecule has 1 N–H and O–H groups in total. The maximum Gasteiger partial charge on any atom is 0.263 e. The Hall–Kier alpha value is -1.92. The molecule has 5 nitrogen and oxygen atoms in total. The Morgan fingerprint density at radius 2 is 2.00 bits per heavy atom. The number of hydrogen-bond acceptors (Lipinski definition) is 4. The molecule has 2 rings (SSSR count). The van der Waals surface area contributed by atoms with Gasteiger partial charge in [0.05, 0.1) is 10.7 Å². The molecular weight excluding hydrogens is 334 g/mol. The number of halogens is 1. The lowest BCUT2D eigenvalue weighted by Gasteiger charge is -2.10. The fourth-order valence-electron chi connectivity index (χ4n) is 1.94. The minimum absolute atomic E-state index is 0.0249. The molecule has 1 heterocycles. The molecule has 0 spiro atoms. The van der Waals surface area contributed by atoms with E-state index in [1.54, 1.807) is 27.1 Å². The summed E-state index contributed by atoms with van der Waals surface area (Å²) in [7, 11) is 3.38. The summed E-state index contributed by atoms with van der Waals surface area (Å²) in [5.74, 6) is -0.243. The smallest absolute Gasteiger partial charge is 0.263 e. The molecule has 0 aliphatic heterocycles. The van der Waals surface area contributed by atoms with Crippen molar-refractivity contribution in [1.82, 2.24) is 15.2 Å². The van der Waals surface area contributed by atoms with Gasteiger partial charge in [-0.2, -0.15) is 0 Å². The molecule has 0 saturated carbocycles. The van der Waals surface area contributed by atoms with E-state index >= 15 is 0 Å². The minimum atomic E-state index is -0.218. The van der Waals surface area contributed by atoms with Crippen LogP contribution in [-0.4, -0.2) is 42.3 Å². The fourth-order valence-corrected chi connectivity index (χ4v) is 3.25. The summed E-state index contributed by atoms with van der Waals surface area (Å²) >= 11 is 7.47. The van der Waals surface area contributed by atoms with Crippen LogP contribution in [0.1, 0.15) is 21.8 Å². The van der Waals surface area contributed by atoms with Crippen molar-refractivity contribution in [3.63, 3.8) is 0 Å². The third-order valence-electron chi connectivity index (χ3n) is 3.23. The quantitative estimate of drug-likeness (QED) is 0.900. The number of amides is 2. The molecule has 1 aromatic carbocycles. The van der Waals surface area contributed by atoms with Crippen molar-refractivity contribution in [3.05, 3.63) is 39.9 Å². The first-order valence-corrected chi connectivity index (χ1v) is 8.30. The molecule has 23 heavy (non-hydrogen) atoms. The highest BCUT2D eigenvalue weighted by atomic mass is 35.5. The summed E-state index contributed by atoms with van der Waals surface area (Å²) in [6.45, 7) is 2.09. The van der Waals surface area contributed by atoms with E-state index < -0.39 is 0 Å². The molecule has 0 bridgehead atoms. The molecule has 0 saturated heterocycles. The normalized spacial score (nSPS) is 10.4. The number of thiazole rings is 1. The number of aromatic nitrogens is 1. The van der Waals surface area contributed by atoms with Gasteiger partial charge in [0.2, 0.25) is 5.91 Å². The van der Waals surface area contributed by atoms with Crippen molar-refractivity contribution in [2.45, 2.75) is 13.3 Å². The number of hydrogen-bond donors (Lipinski definition) is 1. The van der Waals surface area contributed by atoms with E-state index in [9.17, 15) is 9.59 Å². The number of nitrogens with one attached hydrogen (secondary N) is 1. The van der Waals surface area contributed by atoms with E-state index in [1.807, 2.05) is 18.2 Å². The van der Waals surface area contributed by atoms with Gasteiger partial charge in [-0.1, -0.05) is 29.8 Å². The zero-order chi connectivity index (χ0) is 17.0. The second kappa shape index (κ2) is 7.57. The van der Waals surface area contributed by atoms with Crippen LogP contribution in [0.2, 0.25) is 5.02 Å². The van der Waals surface area contributed by atoms with Gasteiger partial charge >= 0.3 is 0 Å². The summed E-state index contributed by atoms with van der Waals surface area (Å²) in [5.41, 5.74) is 1.46. The van der Waals surface area contributed by atoms with E-state index in [2.05, 4.69) is 10.3 Å². The zero-order valence-electron chi connectivity index (χ0n) is 13.2. The average Bonchev–Trinajstić information content (AvgIpc) is 2.89. The van der Waals surface area contributed by atoms with Crippen LogP contribution in [0.15, 0.2) is 24.3 Å². The predicted octanol–water partition coefficient (Wildman–Crippen LogP) is 2.98. The van der Waals surface area contributed by atoms with Crippen LogP contribution in [0.5, 0.6) is 0 Å². The molecule has 0 aliphatic rings. The molecule has 0 radical (unpaired) electrons. The monoisotopic (exact) mass is 351 g/mol. The Kier molecular flexibility index (Phi) is 5.74. The SMILES string of the molecule is Cc1nc(-c2ccccc2Cl)sc1C(=O)NCCC(=O)N(C)C. The third-order valence-corrected chi connectivity index (χ3v) is 4.75. The second-order valence-corrected chi connectivity index (χ2v) is 6.61. The minimum Gasteiger partial charge on any atom is -0.351 e. The van der Waals surface area contributed by atoms with Crippen LogP contribution in [0.4, 0.5) is 0 Å². The Bertz CT molecular complexity index is 728. The van der Waals surface area contributed by atoms with Crippen LogP contribution >= 0.6 is 22.9 Å². The van der Waals surface area contributed by atoms with Crippen LogP contribution in [0.3, 0.4) is 0 Å². The standard InChI is InChI=1S/C16H18ClN3O2S/c1-10-14(15(22)18-9-8-13(21)20(2)3)23-16(19-10)11-6-4-5-7-12(11)17/h4-7H,8-9H2,1-3H3,(H,18,22). The van der Waals surface area contributed by atoms with Crippen molar-refractivity contribution >= 4 is 34.8 Å². The van der Waals surface area contributed by atoms with Crippen LogP contribution in [0, 0.1) is 6.92 Å². The number of benzene rings is 1. The van der Waals surface area contributed by atoms with Crippen molar-refractivity contribution in [2.75, 3.05) is 20.6 Å². The van der Waals surface area contributed by atoms with Gasteiger partial charge in [0.25, 0.3) is 5.91 Å². The summed E-state index contributed by atoms with van der Waals surface area (Å²) < 4.78 is 0. The largest absolute Gasteiger partial charge is 0.351 e. The predicted molar refractivity (Wildman–Crippen MR) is 92.9 cm³/mol. The summed E-state index contributed by atoms with van der Waals surface area (Å²) in [5, 5.41) is 4.07. The molecule has 2 aromatic rings. The molecule has 0 aliphatic carbocycles. The van der Waals surface area contributed by atoms with Crippen LogP contribution in [0.25, 0.3) is 10.6 Å². The van der Waals surface area contributed by atoms with E-state index in [-0.39, 0.29) is 18.2 Å². The molecule has 0 atom stereocenters. The highest BCUT2D eigenvalue weighted by Crippen LogP contribution is 2.32. The average molecular weight is 352 g/mol. The summed E-state index contributed by atoms with van der Waals surface area (Å²) in [6.07, 6.45) is 0.272. The van der Waals surface area contributed by atoms with Gasteiger partial charge in [-0.15, -0.1) is 11.3 Å². The van der Waals surface area contributed by atoms with Gasteiger partial charge in [0.15, 0.2) is 0 Å². The fraction of sp³-hybridized carbons (Fsp3) is 0.312. The zero-order valence-corrected chi connectivity index (χ0v) is 14.8. The van der Waals surface area contributed by atoms with Gasteiger partial charge in [-0.3, -0.25) is 9.59 Å². The van der Waals surface area contributed by atoms with Gasteiger partial charge in [-0.25, -0.2) is 4.98 Å². The molecule has 7 heteroatoms. The Labute approximate surface area is 144 Å². The summed E-state index contributed by atoms with van der Waals surface area (Å²) in [6, 6.07) is 7.39. The van der Waals surface area contributed by atoms with Crippen LogP contribution < -0.4 is 5.32 Å². The number of aryl methyl sites for hydroxylation is 1. The maximum atomic E-state index is 12.2. The first-order chi connectivity index (χ1) is 10.9. The van der Waals surface area contributed by atoms with E-state index in [0.717, 1.165) is 5.56 Å². The lowest BCUT2D eigenvalue weighted by atomic mass is 10.2. The first kappa shape index (κ1) is 17.4. The van der Waals surface area contributed by atoms with Gasteiger partial charge in [0, 0.05) is 32.6 Å². The Morgan fingerprint density at radius 3 is 2.65 bits per heavy atom. The summed E-state index contributed by atoms with van der Waals surface area (Å²) in [4.78, 5) is 30.2. The molecule has 0 fully saturated rings. The van der Waals surface area contributed by atoms with Crippen molar-refractivity contribution in [3.8, 4) is 10.6 Å². The Morgan fingerprint density at radius 1 is 1.30 bits per heavy atom. The van der Waals surface area contributed by atoms with Gasteiger partial charge in [-0.05, 0) is 13.0 Å². The molecule has 2 amide bonds. The lowest BCUT2D eigenvalue weighted by molar-refractivity contribution is -0.128. The van der Waals surface area contributed by atoms with Gasteiger partial charge in [0.1, 0.15) is 9.88 Å². The Balaban J connectivity index is 2.08. The van der Waals surface area contributed by atoms with Gasteiger partial charge < -0.3 is 10.2 Å². The van der Waals surface area contributed by atoms with E-state index in [0.29, 0.717) is 27.1 Å². The number of carbonyl (C=O) groups is 2. The first-order valence-electron chi connectivity index (χ1n) is 7.11. The van der Waals surface area contributed by atoms with Crippen molar-refractivity contribution < 1.29 is 9.59 Å².